The summed E-state index contributed by atoms with van der Waals surface area (Å²) in [7, 11) is 4.87. The van der Waals surface area contributed by atoms with E-state index in [1.807, 2.05) is 31.3 Å². The number of hydrogen-bond acceptors (Lipinski definition) is 5. The normalized spacial score (nSPS) is 10.6. The number of rotatable bonds is 5. The van der Waals surface area contributed by atoms with E-state index < -0.39 is 6.09 Å². The number of guanidine groups is 1. The fraction of sp³-hybridized carbons (Fsp3) is 0.333. The molecule has 0 atom stereocenters. The van der Waals surface area contributed by atoms with E-state index in [1.165, 1.54) is 13.4 Å². The van der Waals surface area contributed by atoms with E-state index in [1.54, 1.807) is 11.7 Å². The van der Waals surface area contributed by atoms with Crippen molar-refractivity contribution in [3.8, 4) is 0 Å². The zero-order valence-electron chi connectivity index (χ0n) is 14.3. The Kier molecular flexibility index (Phi) is 8.67. The van der Waals surface area contributed by atoms with E-state index >= 15 is 0 Å². The van der Waals surface area contributed by atoms with Crippen LogP contribution in [0.25, 0.3) is 0 Å². The van der Waals surface area contributed by atoms with Gasteiger partial charge in [0.2, 0.25) is 0 Å². The lowest BCUT2D eigenvalue weighted by molar-refractivity contribution is 0.187. The molecule has 0 spiro atoms. The van der Waals surface area contributed by atoms with Gasteiger partial charge in [-0.3, -0.25) is 15.0 Å². The summed E-state index contributed by atoms with van der Waals surface area (Å²) in [6.07, 6.45) is 1.02. The van der Waals surface area contributed by atoms with Crippen molar-refractivity contribution >= 4 is 41.7 Å². The second-order valence-corrected chi connectivity index (χ2v) is 4.89. The number of halogens is 1. The first-order valence-corrected chi connectivity index (χ1v) is 7.33. The van der Waals surface area contributed by atoms with Crippen molar-refractivity contribution in [1.82, 2.24) is 25.4 Å². The summed E-state index contributed by atoms with van der Waals surface area (Å²) in [6.45, 7) is 1.12. The van der Waals surface area contributed by atoms with Crippen LogP contribution in [0.15, 0.2) is 35.6 Å². The first-order chi connectivity index (χ1) is 11.6. The molecule has 1 heterocycles. The van der Waals surface area contributed by atoms with Crippen molar-refractivity contribution in [3.05, 3.63) is 42.0 Å². The number of carbonyl (C=O) groups is 1. The zero-order chi connectivity index (χ0) is 17.4. The summed E-state index contributed by atoms with van der Waals surface area (Å²) in [5.74, 6) is 1.48. The fourth-order valence-electron chi connectivity index (χ4n) is 1.92. The number of hydrogen-bond donors (Lipinski definition) is 3. The van der Waals surface area contributed by atoms with Crippen LogP contribution in [-0.4, -0.2) is 41.0 Å². The van der Waals surface area contributed by atoms with Gasteiger partial charge in [0.1, 0.15) is 12.2 Å². The lowest BCUT2D eigenvalue weighted by atomic mass is 10.2. The fourth-order valence-corrected chi connectivity index (χ4v) is 1.92. The van der Waals surface area contributed by atoms with E-state index in [0.717, 1.165) is 11.4 Å². The van der Waals surface area contributed by atoms with Gasteiger partial charge in [-0.2, -0.15) is 5.10 Å². The number of benzene rings is 1. The van der Waals surface area contributed by atoms with Crippen molar-refractivity contribution in [2.75, 3.05) is 19.5 Å². The van der Waals surface area contributed by atoms with Crippen LogP contribution in [-0.2, 0) is 24.9 Å². The van der Waals surface area contributed by atoms with Crippen molar-refractivity contribution in [2.45, 2.75) is 13.1 Å². The molecule has 0 saturated carbocycles. The van der Waals surface area contributed by atoms with E-state index in [9.17, 15) is 4.79 Å². The Balaban J connectivity index is 0.00000312. The Morgan fingerprint density at radius 1 is 1.24 bits per heavy atom. The van der Waals surface area contributed by atoms with Crippen molar-refractivity contribution in [1.29, 1.82) is 0 Å². The minimum atomic E-state index is -0.491. The van der Waals surface area contributed by atoms with Crippen LogP contribution in [0.4, 0.5) is 10.5 Å². The largest absolute Gasteiger partial charge is 0.453 e. The van der Waals surface area contributed by atoms with E-state index in [4.69, 9.17) is 0 Å². The Bertz CT molecular complexity index is 700. The average molecular weight is 459 g/mol. The molecule has 0 aliphatic heterocycles. The minimum Gasteiger partial charge on any atom is -0.453 e. The molecule has 0 saturated heterocycles. The van der Waals surface area contributed by atoms with Gasteiger partial charge in [0.25, 0.3) is 0 Å². The predicted molar refractivity (Wildman–Crippen MR) is 106 cm³/mol. The molecule has 3 N–H and O–H groups in total. The van der Waals surface area contributed by atoms with Crippen LogP contribution in [0.1, 0.15) is 11.4 Å². The van der Waals surface area contributed by atoms with Gasteiger partial charge in [0, 0.05) is 26.3 Å². The van der Waals surface area contributed by atoms with E-state index in [0.29, 0.717) is 24.7 Å². The quantitative estimate of drug-likeness (QED) is 0.356. The molecular formula is C15H22IN7O2. The number of aromatic nitrogens is 3. The third-order valence-electron chi connectivity index (χ3n) is 3.29. The molecule has 10 heteroatoms. The van der Waals surface area contributed by atoms with Gasteiger partial charge < -0.3 is 15.4 Å². The first kappa shape index (κ1) is 20.7. The van der Waals surface area contributed by atoms with Crippen LogP contribution < -0.4 is 16.0 Å². The number of nitrogens with zero attached hydrogens (tertiary/aromatic N) is 4. The smallest absolute Gasteiger partial charge is 0.411 e. The molecule has 0 aliphatic carbocycles. The summed E-state index contributed by atoms with van der Waals surface area (Å²) in [6, 6.07) is 7.44. The van der Waals surface area contributed by atoms with Crippen LogP contribution in [0.3, 0.4) is 0 Å². The Labute approximate surface area is 163 Å². The molecule has 0 bridgehead atoms. The summed E-state index contributed by atoms with van der Waals surface area (Å²) in [5.41, 5.74) is 1.72. The SMILES string of the molecule is CN=C(NCc1ccc(NC(=O)OC)cc1)NCc1ncnn1C.I. The number of amides is 1. The highest BCUT2D eigenvalue weighted by Gasteiger charge is 2.04. The molecule has 1 aromatic heterocycles. The van der Waals surface area contributed by atoms with Gasteiger partial charge in [0.05, 0.1) is 13.7 Å². The third kappa shape index (κ3) is 6.57. The van der Waals surface area contributed by atoms with Gasteiger partial charge >= 0.3 is 6.09 Å². The Morgan fingerprint density at radius 2 is 1.92 bits per heavy atom. The second-order valence-electron chi connectivity index (χ2n) is 4.89. The summed E-state index contributed by atoms with van der Waals surface area (Å²) in [4.78, 5) is 19.4. The topological polar surface area (TPSA) is 105 Å². The average Bonchev–Trinajstić information content (AvgIpc) is 3.01. The molecule has 0 aliphatic rings. The standard InChI is InChI=1S/C15H21N7O2.HI/c1-16-14(18-9-13-19-10-20-22(13)2)17-8-11-4-6-12(7-5-11)21-15(23)24-3;/h4-7,10H,8-9H2,1-3H3,(H,21,23)(H2,16,17,18);1H. The Morgan fingerprint density at radius 3 is 2.48 bits per heavy atom. The number of methoxy groups -OCH3 is 1. The number of aryl methyl sites for hydroxylation is 1. The van der Waals surface area contributed by atoms with Gasteiger partial charge in [0.15, 0.2) is 5.96 Å². The van der Waals surface area contributed by atoms with Crippen molar-refractivity contribution in [3.63, 3.8) is 0 Å². The van der Waals surface area contributed by atoms with Crippen LogP contribution in [0.2, 0.25) is 0 Å². The van der Waals surface area contributed by atoms with Gasteiger partial charge in [-0.1, -0.05) is 12.1 Å². The highest BCUT2D eigenvalue weighted by atomic mass is 127. The molecule has 1 aromatic carbocycles. The molecule has 2 rings (SSSR count). The monoisotopic (exact) mass is 459 g/mol. The van der Waals surface area contributed by atoms with Gasteiger partial charge in [-0.25, -0.2) is 9.78 Å². The zero-order valence-corrected chi connectivity index (χ0v) is 16.6. The lowest BCUT2D eigenvalue weighted by Gasteiger charge is -2.12. The summed E-state index contributed by atoms with van der Waals surface area (Å²) < 4.78 is 6.25. The summed E-state index contributed by atoms with van der Waals surface area (Å²) in [5, 5.41) is 13.0. The van der Waals surface area contributed by atoms with Crippen LogP contribution in [0, 0.1) is 0 Å². The lowest BCUT2D eigenvalue weighted by Crippen LogP contribution is -2.36. The molecule has 0 radical (unpaired) electrons. The number of nitrogens with one attached hydrogen (secondary N) is 3. The molecular weight excluding hydrogens is 437 g/mol. The highest BCUT2D eigenvalue weighted by molar-refractivity contribution is 14.0. The third-order valence-corrected chi connectivity index (χ3v) is 3.29. The maximum atomic E-state index is 11.1. The first-order valence-electron chi connectivity index (χ1n) is 7.33. The number of aliphatic imine (C=N–C) groups is 1. The van der Waals surface area contributed by atoms with Gasteiger partial charge in [-0.05, 0) is 17.7 Å². The van der Waals surface area contributed by atoms with E-state index in [-0.39, 0.29) is 24.0 Å². The predicted octanol–water partition coefficient (Wildman–Crippen LogP) is 1.48. The van der Waals surface area contributed by atoms with Crippen LogP contribution >= 0.6 is 24.0 Å². The molecule has 9 nitrogen and oxygen atoms in total. The summed E-state index contributed by atoms with van der Waals surface area (Å²) >= 11 is 0. The molecule has 2 aromatic rings. The maximum absolute atomic E-state index is 11.1. The van der Waals surface area contributed by atoms with E-state index in [2.05, 4.69) is 35.8 Å². The number of ether oxygens (including phenoxy) is 1. The Hall–Kier alpha value is -2.37. The van der Waals surface area contributed by atoms with Gasteiger partial charge in [-0.15, -0.1) is 24.0 Å². The highest BCUT2D eigenvalue weighted by Crippen LogP contribution is 2.09. The minimum absolute atomic E-state index is 0. The second kappa shape index (κ2) is 10.5. The molecule has 136 valence electrons. The number of carbonyl (C=O) groups excluding carboxylic acids is 1. The molecule has 0 fully saturated rings. The molecule has 0 unspecified atom stereocenters. The van der Waals surface area contributed by atoms with Crippen molar-refractivity contribution in [2.24, 2.45) is 12.0 Å². The molecule has 25 heavy (non-hydrogen) atoms. The molecule has 1 amide bonds. The maximum Gasteiger partial charge on any atom is 0.411 e. The number of anilines is 1. The van der Waals surface area contributed by atoms with Crippen molar-refractivity contribution < 1.29 is 9.53 Å². The van der Waals surface area contributed by atoms with Crippen LogP contribution in [0.5, 0.6) is 0 Å².